The lowest BCUT2D eigenvalue weighted by Crippen LogP contribution is -2.39. The molecule has 13 heavy (non-hydrogen) atoms. The van der Waals surface area contributed by atoms with E-state index in [2.05, 4.69) is 19.2 Å². The van der Waals surface area contributed by atoms with Gasteiger partial charge >= 0.3 is 0 Å². The first-order chi connectivity index (χ1) is 6.18. The van der Waals surface area contributed by atoms with Crippen molar-refractivity contribution in [3.63, 3.8) is 0 Å². The maximum atomic E-state index is 3.56. The lowest BCUT2D eigenvalue weighted by Gasteiger charge is -2.42. The fourth-order valence-electron chi connectivity index (χ4n) is 3.11. The third-order valence-corrected chi connectivity index (χ3v) is 4.00. The van der Waals surface area contributed by atoms with Crippen LogP contribution in [0, 0.1) is 17.3 Å². The molecule has 2 rings (SSSR count). The normalized spacial score (nSPS) is 38.3. The maximum Gasteiger partial charge on any atom is -0.00201 e. The third-order valence-electron chi connectivity index (χ3n) is 4.00. The lowest BCUT2D eigenvalue weighted by molar-refractivity contribution is 0.100. The number of piperidine rings is 1. The molecule has 0 aromatic rings. The fourth-order valence-corrected chi connectivity index (χ4v) is 3.11. The summed E-state index contributed by atoms with van der Waals surface area (Å²) in [6, 6.07) is 0. The highest BCUT2D eigenvalue weighted by atomic mass is 14.9. The van der Waals surface area contributed by atoms with E-state index in [-0.39, 0.29) is 0 Å². The van der Waals surface area contributed by atoms with E-state index in [1.54, 1.807) is 0 Å². The van der Waals surface area contributed by atoms with Gasteiger partial charge in [0.1, 0.15) is 0 Å². The molecule has 1 aliphatic carbocycles. The van der Waals surface area contributed by atoms with Gasteiger partial charge in [-0.3, -0.25) is 0 Å². The highest BCUT2D eigenvalue weighted by molar-refractivity contribution is 4.87. The zero-order valence-corrected chi connectivity index (χ0v) is 9.10. The fraction of sp³-hybridized carbons (Fsp3) is 1.00. The van der Waals surface area contributed by atoms with Gasteiger partial charge in [0.25, 0.3) is 0 Å². The van der Waals surface area contributed by atoms with Crippen LogP contribution < -0.4 is 5.32 Å². The van der Waals surface area contributed by atoms with Crippen LogP contribution >= 0.6 is 0 Å². The van der Waals surface area contributed by atoms with Gasteiger partial charge in [0.2, 0.25) is 0 Å². The topological polar surface area (TPSA) is 12.0 Å². The van der Waals surface area contributed by atoms with Gasteiger partial charge in [-0.2, -0.15) is 0 Å². The molecule has 0 spiro atoms. The quantitative estimate of drug-likeness (QED) is 0.690. The van der Waals surface area contributed by atoms with Gasteiger partial charge < -0.3 is 5.32 Å². The number of hydrogen-bond acceptors (Lipinski definition) is 1. The summed E-state index contributed by atoms with van der Waals surface area (Å²) in [5, 5.41) is 3.56. The van der Waals surface area contributed by atoms with Gasteiger partial charge in [-0.1, -0.05) is 20.3 Å². The molecule has 1 saturated carbocycles. The Morgan fingerprint density at radius 3 is 2.62 bits per heavy atom. The van der Waals surface area contributed by atoms with E-state index >= 15 is 0 Å². The van der Waals surface area contributed by atoms with Crippen molar-refractivity contribution in [1.29, 1.82) is 0 Å². The molecule has 0 bridgehead atoms. The zero-order chi connectivity index (χ0) is 9.31. The van der Waals surface area contributed by atoms with Crippen LogP contribution in [-0.2, 0) is 0 Å². The standard InChI is InChI=1S/C12H23N/c1-10-6-11(9-13-8-10)7-12(2)4-3-5-12/h10-11,13H,3-9H2,1-2H3. The van der Waals surface area contributed by atoms with Crippen molar-refractivity contribution < 1.29 is 0 Å². The smallest absolute Gasteiger partial charge is 0.00201 e. The van der Waals surface area contributed by atoms with Crippen LogP contribution in [0.25, 0.3) is 0 Å². The zero-order valence-electron chi connectivity index (χ0n) is 9.10. The average molecular weight is 181 g/mol. The summed E-state index contributed by atoms with van der Waals surface area (Å²) in [6.07, 6.45) is 7.38. The summed E-state index contributed by atoms with van der Waals surface area (Å²) in [7, 11) is 0. The molecule has 2 aliphatic rings. The van der Waals surface area contributed by atoms with Crippen LogP contribution in [-0.4, -0.2) is 13.1 Å². The van der Waals surface area contributed by atoms with E-state index < -0.39 is 0 Å². The second kappa shape index (κ2) is 3.61. The van der Waals surface area contributed by atoms with Crippen LogP contribution in [0.5, 0.6) is 0 Å². The van der Waals surface area contributed by atoms with Crippen LogP contribution in [0.15, 0.2) is 0 Å². The van der Waals surface area contributed by atoms with Gasteiger partial charge in [0, 0.05) is 0 Å². The molecule has 2 unspecified atom stereocenters. The molecule has 1 heterocycles. The van der Waals surface area contributed by atoms with E-state index in [0.29, 0.717) is 0 Å². The molecule has 1 saturated heterocycles. The Morgan fingerprint density at radius 2 is 2.08 bits per heavy atom. The molecular formula is C12H23N. The summed E-state index contributed by atoms with van der Waals surface area (Å²) in [6.45, 7) is 7.38. The SMILES string of the molecule is CC1CNCC(CC2(C)CCC2)C1. The van der Waals surface area contributed by atoms with Crippen LogP contribution in [0.2, 0.25) is 0 Å². The summed E-state index contributed by atoms with van der Waals surface area (Å²) in [5.41, 5.74) is 0.726. The number of rotatable bonds is 2. The largest absolute Gasteiger partial charge is 0.316 e. The van der Waals surface area contributed by atoms with Crippen LogP contribution in [0.1, 0.15) is 46.0 Å². The molecule has 76 valence electrons. The number of hydrogen-bond donors (Lipinski definition) is 1. The van der Waals surface area contributed by atoms with E-state index in [4.69, 9.17) is 0 Å². The Hall–Kier alpha value is -0.0400. The number of nitrogens with one attached hydrogen (secondary N) is 1. The second-order valence-electron chi connectivity index (χ2n) is 5.73. The van der Waals surface area contributed by atoms with E-state index in [1.165, 1.54) is 45.2 Å². The minimum atomic E-state index is 0.726. The Kier molecular flexibility index (Phi) is 2.64. The van der Waals surface area contributed by atoms with Gasteiger partial charge in [-0.25, -0.2) is 0 Å². The predicted molar refractivity (Wildman–Crippen MR) is 56.7 cm³/mol. The Bertz CT molecular complexity index is 172. The minimum absolute atomic E-state index is 0.726. The summed E-state index contributed by atoms with van der Waals surface area (Å²) >= 11 is 0. The van der Waals surface area contributed by atoms with Crippen molar-refractivity contribution in [2.45, 2.75) is 46.0 Å². The monoisotopic (exact) mass is 181 g/mol. The van der Waals surface area contributed by atoms with Crippen molar-refractivity contribution in [3.8, 4) is 0 Å². The first-order valence-electron chi connectivity index (χ1n) is 5.89. The molecule has 1 N–H and O–H groups in total. The molecule has 2 fully saturated rings. The first kappa shape index (κ1) is 9.51. The minimum Gasteiger partial charge on any atom is -0.316 e. The second-order valence-corrected chi connectivity index (χ2v) is 5.73. The molecule has 0 aromatic carbocycles. The van der Waals surface area contributed by atoms with Crippen molar-refractivity contribution in [1.82, 2.24) is 5.32 Å². The Balaban J connectivity index is 1.80. The molecule has 0 radical (unpaired) electrons. The van der Waals surface area contributed by atoms with E-state index in [1.807, 2.05) is 0 Å². The van der Waals surface area contributed by atoms with E-state index in [0.717, 1.165) is 17.3 Å². The van der Waals surface area contributed by atoms with Crippen LogP contribution in [0.3, 0.4) is 0 Å². The van der Waals surface area contributed by atoms with Crippen molar-refractivity contribution in [2.75, 3.05) is 13.1 Å². The summed E-state index contributed by atoms with van der Waals surface area (Å²) < 4.78 is 0. The van der Waals surface area contributed by atoms with Crippen molar-refractivity contribution in [3.05, 3.63) is 0 Å². The van der Waals surface area contributed by atoms with Crippen molar-refractivity contribution >= 4 is 0 Å². The summed E-state index contributed by atoms with van der Waals surface area (Å²) in [4.78, 5) is 0. The first-order valence-corrected chi connectivity index (χ1v) is 5.89. The van der Waals surface area contributed by atoms with Crippen molar-refractivity contribution in [2.24, 2.45) is 17.3 Å². The van der Waals surface area contributed by atoms with E-state index in [9.17, 15) is 0 Å². The third kappa shape index (κ3) is 2.25. The molecule has 1 heteroatoms. The molecule has 1 aliphatic heterocycles. The molecule has 1 nitrogen and oxygen atoms in total. The molecule has 0 aromatic heterocycles. The molecule has 2 atom stereocenters. The highest BCUT2D eigenvalue weighted by Crippen LogP contribution is 2.46. The van der Waals surface area contributed by atoms with Gasteiger partial charge in [-0.05, 0) is 56.0 Å². The highest BCUT2D eigenvalue weighted by Gasteiger charge is 2.35. The molecule has 0 amide bonds. The Labute approximate surface area is 82.3 Å². The lowest BCUT2D eigenvalue weighted by atomic mass is 9.64. The molecular weight excluding hydrogens is 158 g/mol. The maximum absolute atomic E-state index is 3.56. The Morgan fingerprint density at radius 1 is 1.31 bits per heavy atom. The van der Waals surface area contributed by atoms with Crippen LogP contribution in [0.4, 0.5) is 0 Å². The van der Waals surface area contributed by atoms with Gasteiger partial charge in [0.15, 0.2) is 0 Å². The van der Waals surface area contributed by atoms with Gasteiger partial charge in [0.05, 0.1) is 0 Å². The summed E-state index contributed by atoms with van der Waals surface area (Å²) in [5.74, 6) is 1.87. The average Bonchev–Trinajstić information content (AvgIpc) is 2.01. The van der Waals surface area contributed by atoms with Gasteiger partial charge in [-0.15, -0.1) is 0 Å². The predicted octanol–water partition coefficient (Wildman–Crippen LogP) is 2.81.